The van der Waals surface area contributed by atoms with Crippen molar-refractivity contribution in [3.63, 3.8) is 0 Å². The molecule has 1 aliphatic rings. The van der Waals surface area contributed by atoms with E-state index in [9.17, 15) is 18.0 Å². The summed E-state index contributed by atoms with van der Waals surface area (Å²) in [5, 5.41) is 3.54. The third kappa shape index (κ3) is 5.72. The zero-order valence-electron chi connectivity index (χ0n) is 18.3. The number of hydrogen-bond donors (Lipinski definition) is 2. The van der Waals surface area contributed by atoms with Crippen LogP contribution >= 0.6 is 11.3 Å². The number of hydrogen-bond acceptors (Lipinski definition) is 5. The van der Waals surface area contributed by atoms with E-state index in [4.69, 9.17) is 0 Å². The molecule has 2 heterocycles. The largest absolute Gasteiger partial charge is 0.338 e. The van der Waals surface area contributed by atoms with Gasteiger partial charge in [-0.3, -0.25) is 9.59 Å². The molecule has 1 aliphatic heterocycles. The molecule has 0 atom stereocenters. The van der Waals surface area contributed by atoms with Crippen molar-refractivity contribution in [1.29, 1.82) is 0 Å². The van der Waals surface area contributed by atoms with E-state index in [1.807, 2.05) is 33.8 Å². The van der Waals surface area contributed by atoms with Crippen molar-refractivity contribution in [2.75, 3.05) is 18.4 Å². The van der Waals surface area contributed by atoms with Crippen LogP contribution in [-0.2, 0) is 14.8 Å². The fourth-order valence-electron chi connectivity index (χ4n) is 3.29. The summed E-state index contributed by atoms with van der Waals surface area (Å²) in [6.07, 6.45) is 1.10. The standard InChI is InChI=1S/C22H29N3O4S2/c1-15-14-18(23-21(27)22(2,3)4)30-19(15)20(26)25-12-10-16(11-13-25)24-31(28,29)17-8-6-5-7-9-17/h5-9,14,16,24H,10-13H2,1-4H3,(H,23,27). The molecule has 9 heteroatoms. The Morgan fingerprint density at radius 1 is 1.10 bits per heavy atom. The minimum Gasteiger partial charge on any atom is -0.338 e. The number of carbonyl (C=O) groups is 2. The molecule has 0 aliphatic carbocycles. The van der Waals surface area contributed by atoms with E-state index in [1.54, 1.807) is 35.2 Å². The molecule has 0 spiro atoms. The van der Waals surface area contributed by atoms with Crippen molar-refractivity contribution in [2.24, 2.45) is 5.41 Å². The van der Waals surface area contributed by atoms with Crippen molar-refractivity contribution in [1.82, 2.24) is 9.62 Å². The minimum atomic E-state index is -3.57. The van der Waals surface area contributed by atoms with Gasteiger partial charge in [-0.05, 0) is 43.5 Å². The second-order valence-electron chi connectivity index (χ2n) is 8.83. The number of carbonyl (C=O) groups excluding carboxylic acids is 2. The number of thiophene rings is 1. The van der Waals surface area contributed by atoms with Gasteiger partial charge in [0.05, 0.1) is 14.8 Å². The highest BCUT2D eigenvalue weighted by atomic mass is 32.2. The van der Waals surface area contributed by atoms with Crippen LogP contribution in [0, 0.1) is 12.3 Å². The smallest absolute Gasteiger partial charge is 0.264 e. The van der Waals surface area contributed by atoms with Gasteiger partial charge in [0.1, 0.15) is 0 Å². The molecular formula is C22H29N3O4S2. The second kappa shape index (κ2) is 9.10. The minimum absolute atomic E-state index is 0.0804. The number of benzene rings is 1. The quantitative estimate of drug-likeness (QED) is 0.708. The molecule has 3 rings (SSSR count). The topological polar surface area (TPSA) is 95.6 Å². The first-order valence-corrected chi connectivity index (χ1v) is 12.6. The number of rotatable bonds is 5. The highest BCUT2D eigenvalue weighted by Gasteiger charge is 2.29. The van der Waals surface area contributed by atoms with E-state index in [0.717, 1.165) is 5.56 Å². The summed E-state index contributed by atoms with van der Waals surface area (Å²) in [6, 6.07) is 9.90. The average Bonchev–Trinajstić information content (AvgIpc) is 3.07. The Labute approximate surface area is 187 Å². The Hall–Kier alpha value is -2.23. The Kier molecular flexibility index (Phi) is 6.88. The summed E-state index contributed by atoms with van der Waals surface area (Å²) >= 11 is 1.28. The maximum absolute atomic E-state index is 13.0. The molecule has 2 amide bonds. The number of nitrogens with one attached hydrogen (secondary N) is 2. The Morgan fingerprint density at radius 3 is 2.29 bits per heavy atom. The van der Waals surface area contributed by atoms with Gasteiger partial charge in [-0.15, -0.1) is 11.3 Å². The van der Waals surface area contributed by atoms with Crippen molar-refractivity contribution < 1.29 is 18.0 Å². The van der Waals surface area contributed by atoms with Crippen molar-refractivity contribution in [3.05, 3.63) is 46.8 Å². The molecule has 0 bridgehead atoms. The van der Waals surface area contributed by atoms with Crippen molar-refractivity contribution in [3.8, 4) is 0 Å². The summed E-state index contributed by atoms with van der Waals surface area (Å²) in [4.78, 5) is 27.8. The maximum atomic E-state index is 13.0. The lowest BCUT2D eigenvalue weighted by molar-refractivity contribution is -0.123. The summed E-state index contributed by atoms with van der Waals surface area (Å²) in [5.41, 5.74) is 0.308. The number of anilines is 1. The summed E-state index contributed by atoms with van der Waals surface area (Å²) in [5.74, 6) is -0.178. The van der Waals surface area contributed by atoms with Gasteiger partial charge in [-0.25, -0.2) is 13.1 Å². The fourth-order valence-corrected chi connectivity index (χ4v) is 5.65. The normalized spacial score (nSPS) is 15.7. The zero-order chi connectivity index (χ0) is 22.8. The molecule has 1 saturated heterocycles. The predicted octanol–water partition coefficient (Wildman–Crippen LogP) is 3.62. The van der Waals surface area contributed by atoms with E-state index in [2.05, 4.69) is 10.0 Å². The maximum Gasteiger partial charge on any atom is 0.264 e. The Balaban J connectivity index is 1.60. The third-order valence-electron chi connectivity index (χ3n) is 5.19. The number of likely N-dealkylation sites (tertiary alicyclic amines) is 1. The molecule has 0 radical (unpaired) electrons. The molecule has 0 saturated carbocycles. The highest BCUT2D eigenvalue weighted by Crippen LogP contribution is 2.30. The van der Waals surface area contributed by atoms with Crippen LogP contribution in [0.5, 0.6) is 0 Å². The molecule has 1 aromatic carbocycles. The number of amides is 2. The van der Waals surface area contributed by atoms with Crippen LogP contribution < -0.4 is 10.0 Å². The summed E-state index contributed by atoms with van der Waals surface area (Å²) < 4.78 is 27.8. The van der Waals surface area contributed by atoms with Gasteiger partial charge in [0, 0.05) is 24.5 Å². The highest BCUT2D eigenvalue weighted by molar-refractivity contribution is 7.89. The van der Waals surface area contributed by atoms with Crippen LogP contribution in [-0.4, -0.2) is 44.3 Å². The fraction of sp³-hybridized carbons (Fsp3) is 0.455. The Morgan fingerprint density at radius 2 is 1.71 bits per heavy atom. The molecule has 0 unspecified atom stereocenters. The van der Waals surface area contributed by atoms with E-state index in [-0.39, 0.29) is 22.8 Å². The van der Waals surface area contributed by atoms with Crippen molar-refractivity contribution in [2.45, 2.75) is 51.5 Å². The van der Waals surface area contributed by atoms with Gasteiger partial charge < -0.3 is 10.2 Å². The van der Waals surface area contributed by atoms with Crippen LogP contribution in [0.3, 0.4) is 0 Å². The monoisotopic (exact) mass is 463 g/mol. The molecule has 7 nitrogen and oxygen atoms in total. The molecule has 168 valence electrons. The SMILES string of the molecule is Cc1cc(NC(=O)C(C)(C)C)sc1C(=O)N1CCC(NS(=O)(=O)c2ccccc2)CC1. The zero-order valence-corrected chi connectivity index (χ0v) is 19.9. The molecular weight excluding hydrogens is 434 g/mol. The average molecular weight is 464 g/mol. The molecule has 1 fully saturated rings. The molecule has 2 N–H and O–H groups in total. The van der Waals surface area contributed by atoms with Crippen molar-refractivity contribution >= 4 is 38.2 Å². The first-order valence-electron chi connectivity index (χ1n) is 10.3. The number of nitrogens with zero attached hydrogens (tertiary/aromatic N) is 1. The van der Waals surface area contributed by atoms with Gasteiger partial charge in [0.25, 0.3) is 5.91 Å². The lowest BCUT2D eigenvalue weighted by atomic mass is 9.96. The first kappa shape index (κ1) is 23.4. The van der Waals surface area contributed by atoms with Gasteiger partial charge in [0.15, 0.2) is 0 Å². The van der Waals surface area contributed by atoms with Gasteiger partial charge in [0.2, 0.25) is 15.9 Å². The number of aryl methyl sites for hydroxylation is 1. The first-order chi connectivity index (χ1) is 14.5. The lowest BCUT2D eigenvalue weighted by Gasteiger charge is -2.32. The van der Waals surface area contributed by atoms with Gasteiger partial charge in [-0.1, -0.05) is 39.0 Å². The predicted molar refractivity (Wildman–Crippen MR) is 123 cm³/mol. The molecule has 31 heavy (non-hydrogen) atoms. The van der Waals surface area contributed by atoms with Gasteiger partial charge >= 0.3 is 0 Å². The van der Waals surface area contributed by atoms with E-state index in [1.165, 1.54) is 11.3 Å². The third-order valence-corrected chi connectivity index (χ3v) is 7.86. The second-order valence-corrected chi connectivity index (χ2v) is 11.6. The molecule has 1 aromatic heterocycles. The number of sulfonamides is 1. The van der Waals surface area contributed by atoms with Crippen LogP contribution in [0.15, 0.2) is 41.3 Å². The summed E-state index contributed by atoms with van der Waals surface area (Å²) in [6.45, 7) is 8.32. The molecule has 2 aromatic rings. The van der Waals surface area contributed by atoms with Crippen LogP contribution in [0.2, 0.25) is 0 Å². The lowest BCUT2D eigenvalue weighted by Crippen LogP contribution is -2.46. The summed E-state index contributed by atoms with van der Waals surface area (Å²) in [7, 11) is -3.57. The Bertz CT molecular complexity index is 1050. The van der Waals surface area contributed by atoms with E-state index < -0.39 is 15.4 Å². The van der Waals surface area contributed by atoms with Crippen LogP contribution in [0.4, 0.5) is 5.00 Å². The van der Waals surface area contributed by atoms with Crippen LogP contribution in [0.1, 0.15) is 48.8 Å². The van der Waals surface area contributed by atoms with Gasteiger partial charge in [-0.2, -0.15) is 0 Å². The van der Waals surface area contributed by atoms with Crippen LogP contribution in [0.25, 0.3) is 0 Å². The van der Waals surface area contributed by atoms with E-state index in [0.29, 0.717) is 35.8 Å². The number of piperidine rings is 1. The van der Waals surface area contributed by atoms with E-state index >= 15 is 0 Å².